The third-order valence-electron chi connectivity index (χ3n) is 4.11. The SMILES string of the molecule is O=C1CN(Cc2ccc3c(c2)CCC3)C(C(=O)O)CN1. The van der Waals surface area contributed by atoms with Crippen LogP contribution in [0.25, 0.3) is 0 Å². The van der Waals surface area contributed by atoms with Crippen LogP contribution in [-0.2, 0) is 29.0 Å². The number of rotatable bonds is 3. The molecule has 3 rings (SSSR count). The molecule has 0 aromatic heterocycles. The molecule has 1 aliphatic carbocycles. The standard InChI is InChI=1S/C15H18N2O3/c18-14-9-17(13(7-16-14)15(19)20)8-10-4-5-11-2-1-3-12(11)6-10/h4-6,13H,1-3,7-9H2,(H,16,18)(H,19,20). The first-order valence-corrected chi connectivity index (χ1v) is 6.98. The molecule has 1 heterocycles. The van der Waals surface area contributed by atoms with Crippen LogP contribution < -0.4 is 5.32 Å². The smallest absolute Gasteiger partial charge is 0.322 e. The Labute approximate surface area is 117 Å². The topological polar surface area (TPSA) is 69.6 Å². The summed E-state index contributed by atoms with van der Waals surface area (Å²) < 4.78 is 0. The van der Waals surface area contributed by atoms with Crippen LogP contribution in [0.3, 0.4) is 0 Å². The lowest BCUT2D eigenvalue weighted by atomic mass is 10.0. The van der Waals surface area contributed by atoms with Gasteiger partial charge in [0.05, 0.1) is 6.54 Å². The average Bonchev–Trinajstić information content (AvgIpc) is 2.85. The van der Waals surface area contributed by atoms with Crippen LogP contribution in [0, 0.1) is 0 Å². The van der Waals surface area contributed by atoms with Crippen molar-refractivity contribution in [2.24, 2.45) is 0 Å². The van der Waals surface area contributed by atoms with Gasteiger partial charge in [-0.25, -0.2) is 0 Å². The van der Waals surface area contributed by atoms with E-state index in [1.165, 1.54) is 17.5 Å². The minimum atomic E-state index is -0.883. The molecule has 20 heavy (non-hydrogen) atoms. The van der Waals surface area contributed by atoms with Gasteiger partial charge in [0.2, 0.25) is 5.91 Å². The molecule has 1 saturated heterocycles. The van der Waals surface area contributed by atoms with E-state index in [0.717, 1.165) is 18.4 Å². The van der Waals surface area contributed by atoms with Crippen LogP contribution >= 0.6 is 0 Å². The molecule has 5 nitrogen and oxygen atoms in total. The summed E-state index contributed by atoms with van der Waals surface area (Å²) in [6.45, 7) is 0.838. The average molecular weight is 274 g/mol. The van der Waals surface area contributed by atoms with Crippen molar-refractivity contribution in [3.63, 3.8) is 0 Å². The van der Waals surface area contributed by atoms with Crippen molar-refractivity contribution in [1.82, 2.24) is 10.2 Å². The van der Waals surface area contributed by atoms with Gasteiger partial charge in [0.15, 0.2) is 0 Å². The molecule has 106 valence electrons. The van der Waals surface area contributed by atoms with Gasteiger partial charge in [-0.3, -0.25) is 14.5 Å². The quantitative estimate of drug-likeness (QED) is 0.845. The molecule has 1 aliphatic heterocycles. The van der Waals surface area contributed by atoms with E-state index in [-0.39, 0.29) is 19.0 Å². The van der Waals surface area contributed by atoms with Gasteiger partial charge < -0.3 is 10.4 Å². The Balaban J connectivity index is 1.77. The molecule has 0 bridgehead atoms. The molecular formula is C15H18N2O3. The van der Waals surface area contributed by atoms with E-state index in [1.54, 1.807) is 4.90 Å². The third-order valence-corrected chi connectivity index (χ3v) is 4.11. The van der Waals surface area contributed by atoms with Crippen LogP contribution in [0.4, 0.5) is 0 Å². The van der Waals surface area contributed by atoms with Gasteiger partial charge in [-0.05, 0) is 36.0 Å². The highest BCUT2D eigenvalue weighted by Crippen LogP contribution is 2.23. The number of aryl methyl sites for hydroxylation is 2. The summed E-state index contributed by atoms with van der Waals surface area (Å²) in [6, 6.07) is 5.71. The fraction of sp³-hybridized carbons (Fsp3) is 0.467. The Hall–Kier alpha value is -1.88. The summed E-state index contributed by atoms with van der Waals surface area (Å²) in [5.41, 5.74) is 3.86. The number of benzene rings is 1. The zero-order valence-electron chi connectivity index (χ0n) is 11.3. The first kappa shape index (κ1) is 13.1. The molecule has 0 saturated carbocycles. The van der Waals surface area contributed by atoms with Gasteiger partial charge in [-0.2, -0.15) is 0 Å². The molecular weight excluding hydrogens is 256 g/mol. The molecule has 1 fully saturated rings. The van der Waals surface area contributed by atoms with Crippen LogP contribution in [0.1, 0.15) is 23.1 Å². The molecule has 1 aromatic carbocycles. The number of carbonyl (C=O) groups excluding carboxylic acids is 1. The van der Waals surface area contributed by atoms with E-state index in [0.29, 0.717) is 6.54 Å². The third kappa shape index (κ3) is 2.54. The molecule has 2 aliphatic rings. The van der Waals surface area contributed by atoms with Crippen molar-refractivity contribution in [3.8, 4) is 0 Å². The summed E-state index contributed by atoms with van der Waals surface area (Å²) >= 11 is 0. The molecule has 0 spiro atoms. The minimum absolute atomic E-state index is 0.108. The number of carboxylic acids is 1. The number of amides is 1. The Morgan fingerprint density at radius 3 is 2.95 bits per heavy atom. The van der Waals surface area contributed by atoms with E-state index in [9.17, 15) is 14.7 Å². The second kappa shape index (κ2) is 5.25. The van der Waals surface area contributed by atoms with Gasteiger partial charge in [-0.15, -0.1) is 0 Å². The number of nitrogens with zero attached hydrogens (tertiary/aromatic N) is 1. The molecule has 1 atom stereocenters. The monoisotopic (exact) mass is 274 g/mol. The van der Waals surface area contributed by atoms with Crippen molar-refractivity contribution in [3.05, 3.63) is 34.9 Å². The Morgan fingerprint density at radius 1 is 1.35 bits per heavy atom. The van der Waals surface area contributed by atoms with Crippen LogP contribution in [0.2, 0.25) is 0 Å². The van der Waals surface area contributed by atoms with E-state index in [1.807, 2.05) is 0 Å². The predicted octanol–water partition coefficient (Wildman–Crippen LogP) is 0.560. The number of aliphatic carboxylic acids is 1. The van der Waals surface area contributed by atoms with Gasteiger partial charge in [0, 0.05) is 13.1 Å². The van der Waals surface area contributed by atoms with Crippen molar-refractivity contribution in [1.29, 1.82) is 0 Å². The highest BCUT2D eigenvalue weighted by Gasteiger charge is 2.31. The van der Waals surface area contributed by atoms with Crippen molar-refractivity contribution in [2.75, 3.05) is 13.1 Å². The normalized spacial score (nSPS) is 22.4. The molecule has 5 heteroatoms. The molecule has 0 radical (unpaired) electrons. The maximum atomic E-state index is 11.5. The lowest BCUT2D eigenvalue weighted by Gasteiger charge is -2.32. The van der Waals surface area contributed by atoms with Gasteiger partial charge >= 0.3 is 5.97 Å². The Kier molecular flexibility index (Phi) is 3.44. The fourth-order valence-electron chi connectivity index (χ4n) is 3.06. The van der Waals surface area contributed by atoms with Crippen molar-refractivity contribution < 1.29 is 14.7 Å². The fourth-order valence-corrected chi connectivity index (χ4v) is 3.06. The second-order valence-electron chi connectivity index (χ2n) is 5.52. The highest BCUT2D eigenvalue weighted by molar-refractivity contribution is 5.83. The summed E-state index contributed by atoms with van der Waals surface area (Å²) in [5, 5.41) is 11.8. The van der Waals surface area contributed by atoms with E-state index in [4.69, 9.17) is 0 Å². The lowest BCUT2D eigenvalue weighted by molar-refractivity contribution is -0.146. The van der Waals surface area contributed by atoms with Crippen molar-refractivity contribution >= 4 is 11.9 Å². The summed E-state index contributed by atoms with van der Waals surface area (Å²) in [7, 11) is 0. The Morgan fingerprint density at radius 2 is 2.15 bits per heavy atom. The van der Waals surface area contributed by atoms with Crippen molar-refractivity contribution in [2.45, 2.75) is 31.8 Å². The zero-order valence-corrected chi connectivity index (χ0v) is 11.3. The first-order valence-electron chi connectivity index (χ1n) is 6.98. The van der Waals surface area contributed by atoms with Gasteiger partial charge in [0.25, 0.3) is 0 Å². The maximum Gasteiger partial charge on any atom is 0.322 e. The van der Waals surface area contributed by atoms with Crippen LogP contribution in [0.15, 0.2) is 18.2 Å². The number of hydrogen-bond donors (Lipinski definition) is 2. The van der Waals surface area contributed by atoms with E-state index in [2.05, 4.69) is 23.5 Å². The number of carboxylic acid groups (broad SMARTS) is 1. The lowest BCUT2D eigenvalue weighted by Crippen LogP contribution is -2.56. The zero-order chi connectivity index (χ0) is 14.1. The minimum Gasteiger partial charge on any atom is -0.480 e. The van der Waals surface area contributed by atoms with Gasteiger partial charge in [0.1, 0.15) is 6.04 Å². The predicted molar refractivity (Wildman–Crippen MR) is 73.3 cm³/mol. The largest absolute Gasteiger partial charge is 0.480 e. The molecule has 1 unspecified atom stereocenters. The Bertz CT molecular complexity index is 556. The van der Waals surface area contributed by atoms with Crippen LogP contribution in [0.5, 0.6) is 0 Å². The molecule has 2 N–H and O–H groups in total. The van der Waals surface area contributed by atoms with Gasteiger partial charge in [-0.1, -0.05) is 18.2 Å². The molecule has 1 aromatic rings. The first-order chi connectivity index (χ1) is 9.63. The summed E-state index contributed by atoms with van der Waals surface area (Å²) in [5.74, 6) is -0.991. The number of nitrogens with one attached hydrogen (secondary N) is 1. The maximum absolute atomic E-state index is 11.5. The van der Waals surface area contributed by atoms with E-state index >= 15 is 0 Å². The second-order valence-corrected chi connectivity index (χ2v) is 5.52. The van der Waals surface area contributed by atoms with Crippen LogP contribution in [-0.4, -0.2) is 41.0 Å². The number of fused-ring (bicyclic) bond motifs is 1. The number of carbonyl (C=O) groups is 2. The molecule has 1 amide bonds. The number of piperazine rings is 1. The van der Waals surface area contributed by atoms with E-state index < -0.39 is 12.0 Å². The highest BCUT2D eigenvalue weighted by atomic mass is 16.4. The number of hydrogen-bond acceptors (Lipinski definition) is 3. The summed E-state index contributed by atoms with van der Waals surface area (Å²) in [6.07, 6.45) is 3.44. The summed E-state index contributed by atoms with van der Waals surface area (Å²) in [4.78, 5) is 24.5.